The summed E-state index contributed by atoms with van der Waals surface area (Å²) in [4.78, 5) is 11.3. The lowest BCUT2D eigenvalue weighted by Crippen LogP contribution is -2.36. The van der Waals surface area contributed by atoms with Crippen molar-refractivity contribution in [1.82, 2.24) is 0 Å². The second-order valence-corrected chi connectivity index (χ2v) is 12.5. The third-order valence-electron chi connectivity index (χ3n) is 9.21. The summed E-state index contributed by atoms with van der Waals surface area (Å²) < 4.78 is 42.7. The average Bonchev–Trinajstić information content (AvgIpc) is 3.10. The predicted molar refractivity (Wildman–Crippen MR) is 133 cm³/mol. The van der Waals surface area contributed by atoms with E-state index in [0.717, 1.165) is 37.7 Å². The van der Waals surface area contributed by atoms with Crippen LogP contribution >= 0.6 is 0 Å². The lowest BCUT2D eigenvalue weighted by Gasteiger charge is -2.44. The molecule has 0 amide bonds. The Hall–Kier alpha value is -1.30. The number of esters is 1. The van der Waals surface area contributed by atoms with Crippen molar-refractivity contribution in [3.8, 4) is 0 Å². The van der Waals surface area contributed by atoms with Crippen molar-refractivity contribution in [1.29, 1.82) is 0 Å². The van der Waals surface area contributed by atoms with Gasteiger partial charge in [0, 0.05) is 6.42 Å². The number of fused-ring (bicyclic) bond motifs is 1. The Morgan fingerprint density at radius 1 is 1.17 bits per heavy atom. The molecule has 200 valence electrons. The molecule has 0 bridgehead atoms. The summed E-state index contributed by atoms with van der Waals surface area (Å²) in [5.41, 5.74) is 2.26. The Bertz CT molecular complexity index is 807. The molecule has 3 aliphatic rings. The molecule has 6 atom stereocenters. The lowest BCUT2D eigenvalue weighted by molar-refractivity contribution is -0.205. The standard InChI is InChI=1S/C29H45F3O3/c1-19-10-13-23(35-26(33)29(30,31)32)18-22(19)12-11-21-9-7-17-28(5)24(14-15-25(21)28)20(2)8-6-16-27(3,4)34/h11-12,19-20,23-25,34H,6-10,13-18H2,1-5H3/b21-11+,22-12-/t19?,20?,23-,24+,25?,28+/m0/s1. The monoisotopic (exact) mass is 498 g/mol. The number of carbonyl (C=O) groups is 1. The normalized spacial score (nSPS) is 35.2. The number of alkyl halides is 3. The highest BCUT2D eigenvalue weighted by Crippen LogP contribution is 2.60. The second kappa shape index (κ2) is 11.0. The van der Waals surface area contributed by atoms with Gasteiger partial charge in [0.05, 0.1) is 5.60 Å². The van der Waals surface area contributed by atoms with E-state index in [9.17, 15) is 23.1 Å². The summed E-state index contributed by atoms with van der Waals surface area (Å²) in [5.74, 6) is 0.0896. The van der Waals surface area contributed by atoms with Crippen molar-refractivity contribution in [3.05, 3.63) is 23.3 Å². The molecule has 0 aromatic heterocycles. The van der Waals surface area contributed by atoms with Crippen molar-refractivity contribution in [2.24, 2.45) is 29.1 Å². The molecule has 3 unspecified atom stereocenters. The van der Waals surface area contributed by atoms with E-state index in [4.69, 9.17) is 4.74 Å². The predicted octanol–water partition coefficient (Wildman–Crippen LogP) is 7.93. The number of aliphatic hydroxyl groups is 1. The Morgan fingerprint density at radius 2 is 1.86 bits per heavy atom. The van der Waals surface area contributed by atoms with Crippen molar-refractivity contribution in [3.63, 3.8) is 0 Å². The fourth-order valence-electron chi connectivity index (χ4n) is 7.22. The minimum atomic E-state index is -4.94. The van der Waals surface area contributed by atoms with E-state index in [1.807, 2.05) is 13.8 Å². The maximum Gasteiger partial charge on any atom is 0.490 e. The van der Waals surface area contributed by atoms with E-state index in [1.54, 1.807) is 0 Å². The van der Waals surface area contributed by atoms with E-state index in [1.165, 1.54) is 31.3 Å². The van der Waals surface area contributed by atoms with Crippen molar-refractivity contribution in [2.45, 2.75) is 123 Å². The number of ether oxygens (including phenoxy) is 1. The van der Waals surface area contributed by atoms with Gasteiger partial charge in [0.1, 0.15) is 6.10 Å². The molecule has 6 heteroatoms. The molecule has 3 nitrogen and oxygen atoms in total. The van der Waals surface area contributed by atoms with Crippen LogP contribution in [0, 0.1) is 29.1 Å². The number of allylic oxidation sites excluding steroid dienone is 3. The number of hydrogen-bond acceptors (Lipinski definition) is 3. The van der Waals surface area contributed by atoms with Crippen molar-refractivity contribution >= 4 is 5.97 Å². The molecular weight excluding hydrogens is 453 g/mol. The zero-order valence-corrected chi connectivity index (χ0v) is 22.2. The highest BCUT2D eigenvalue weighted by molar-refractivity contribution is 5.75. The van der Waals surface area contributed by atoms with Crippen LogP contribution in [0.4, 0.5) is 13.2 Å². The van der Waals surface area contributed by atoms with Gasteiger partial charge in [-0.1, -0.05) is 56.9 Å². The molecular formula is C29H45F3O3. The SMILES string of the molecule is CC1CC[C@H](OC(=O)C(F)(F)F)C/C1=C/C=C1\CCC[C@@]2(C)C1CC[C@@H]2C(C)CCCC(C)(C)O. The van der Waals surface area contributed by atoms with Gasteiger partial charge in [-0.3, -0.25) is 0 Å². The molecule has 3 aliphatic carbocycles. The van der Waals surface area contributed by atoms with Gasteiger partial charge in [-0.15, -0.1) is 0 Å². The van der Waals surface area contributed by atoms with Crippen LogP contribution in [0.3, 0.4) is 0 Å². The molecule has 3 rings (SSSR count). The number of carbonyl (C=O) groups excluding carboxylic acids is 1. The van der Waals surface area contributed by atoms with Gasteiger partial charge in [0.2, 0.25) is 0 Å². The maximum atomic E-state index is 12.6. The number of halogens is 3. The Kier molecular flexibility index (Phi) is 8.87. The maximum absolute atomic E-state index is 12.6. The van der Waals surface area contributed by atoms with E-state index >= 15 is 0 Å². The van der Waals surface area contributed by atoms with Crippen LogP contribution in [0.25, 0.3) is 0 Å². The third-order valence-corrected chi connectivity index (χ3v) is 9.21. The minimum absolute atomic E-state index is 0.287. The van der Waals surface area contributed by atoms with Crippen LogP contribution in [-0.2, 0) is 9.53 Å². The van der Waals surface area contributed by atoms with Gasteiger partial charge in [-0.05, 0) is 94.3 Å². The summed E-state index contributed by atoms with van der Waals surface area (Å²) in [6, 6.07) is 0. The molecule has 3 saturated carbocycles. The highest BCUT2D eigenvalue weighted by atomic mass is 19.4. The van der Waals surface area contributed by atoms with Gasteiger partial charge < -0.3 is 9.84 Å². The van der Waals surface area contributed by atoms with E-state index in [2.05, 4.69) is 32.9 Å². The van der Waals surface area contributed by atoms with Crippen LogP contribution in [0.15, 0.2) is 23.3 Å². The summed E-state index contributed by atoms with van der Waals surface area (Å²) in [6.07, 6.45) is 9.33. The smallest absolute Gasteiger partial charge is 0.455 e. The molecule has 0 aromatic carbocycles. The summed E-state index contributed by atoms with van der Waals surface area (Å²) in [5, 5.41) is 10.1. The third kappa shape index (κ3) is 7.14. The Morgan fingerprint density at radius 3 is 2.51 bits per heavy atom. The van der Waals surface area contributed by atoms with Crippen LogP contribution < -0.4 is 0 Å². The van der Waals surface area contributed by atoms with Crippen molar-refractivity contribution < 1.29 is 27.8 Å². The second-order valence-electron chi connectivity index (χ2n) is 12.5. The van der Waals surface area contributed by atoms with Gasteiger partial charge in [-0.2, -0.15) is 13.2 Å². The zero-order chi connectivity index (χ0) is 26.0. The molecule has 0 heterocycles. The van der Waals surface area contributed by atoms with E-state index < -0.39 is 23.9 Å². The molecule has 0 aromatic rings. The van der Waals surface area contributed by atoms with Crippen LogP contribution in [0.1, 0.15) is 105 Å². The Labute approximate surface area is 209 Å². The first-order chi connectivity index (χ1) is 16.2. The molecule has 0 aliphatic heterocycles. The van der Waals surface area contributed by atoms with Gasteiger partial charge in [-0.25, -0.2) is 4.79 Å². The largest absolute Gasteiger partial charge is 0.490 e. The summed E-state index contributed by atoms with van der Waals surface area (Å²) in [7, 11) is 0. The van der Waals surface area contributed by atoms with Gasteiger partial charge in [0.25, 0.3) is 0 Å². The van der Waals surface area contributed by atoms with E-state index in [0.29, 0.717) is 36.0 Å². The highest BCUT2D eigenvalue weighted by Gasteiger charge is 2.50. The topological polar surface area (TPSA) is 46.5 Å². The molecule has 0 saturated heterocycles. The first-order valence-electron chi connectivity index (χ1n) is 13.6. The number of hydrogen-bond donors (Lipinski definition) is 1. The first-order valence-corrected chi connectivity index (χ1v) is 13.6. The molecule has 3 fully saturated rings. The zero-order valence-electron chi connectivity index (χ0n) is 22.2. The fourth-order valence-corrected chi connectivity index (χ4v) is 7.22. The molecule has 1 N–H and O–H groups in total. The minimum Gasteiger partial charge on any atom is -0.455 e. The van der Waals surface area contributed by atoms with Crippen LogP contribution in [0.5, 0.6) is 0 Å². The Balaban J connectivity index is 1.67. The van der Waals surface area contributed by atoms with Crippen LogP contribution in [-0.4, -0.2) is 29.0 Å². The summed E-state index contributed by atoms with van der Waals surface area (Å²) in [6.45, 7) is 10.7. The average molecular weight is 499 g/mol. The lowest BCUT2D eigenvalue weighted by atomic mass is 9.60. The number of rotatable bonds is 7. The van der Waals surface area contributed by atoms with Gasteiger partial charge >= 0.3 is 12.1 Å². The molecule has 35 heavy (non-hydrogen) atoms. The fraction of sp³-hybridized carbons (Fsp3) is 0.828. The molecule has 0 spiro atoms. The van der Waals surface area contributed by atoms with Crippen LogP contribution in [0.2, 0.25) is 0 Å². The summed E-state index contributed by atoms with van der Waals surface area (Å²) >= 11 is 0. The molecule has 0 radical (unpaired) electrons. The van der Waals surface area contributed by atoms with Gasteiger partial charge in [0.15, 0.2) is 0 Å². The van der Waals surface area contributed by atoms with E-state index in [-0.39, 0.29) is 5.92 Å². The quantitative estimate of drug-likeness (QED) is 0.363. The first kappa shape index (κ1) is 28.3. The van der Waals surface area contributed by atoms with Crippen molar-refractivity contribution in [2.75, 3.05) is 0 Å².